The van der Waals surface area contributed by atoms with Gasteiger partial charge in [0, 0.05) is 0 Å². The molecule has 18 nitrogen and oxygen atoms in total. The molecule has 8 N–H and O–H groups in total. The van der Waals surface area contributed by atoms with E-state index in [4.69, 9.17) is 26.7 Å². The summed E-state index contributed by atoms with van der Waals surface area (Å²) in [6.07, 6.45) is -0.197. The SMILES string of the molecule is C#C[C@]1(COP(=O)(O)OP(=O)(O)OP(=O)(O)O)O[C@@H](n2cnc3c(=O)[nH]c(N)nc32)[C@H](F)[C@@H]1O. The highest BCUT2D eigenvalue weighted by molar-refractivity contribution is 7.66. The number of terminal acetylenes is 1. The number of nitrogens with zero attached hydrogens (tertiary/aromatic N) is 3. The molecule has 1 aliphatic rings. The van der Waals surface area contributed by atoms with Crippen molar-refractivity contribution in [3.05, 3.63) is 16.7 Å². The van der Waals surface area contributed by atoms with E-state index in [2.05, 4.69) is 28.1 Å². The van der Waals surface area contributed by atoms with Gasteiger partial charge in [0.2, 0.25) is 5.95 Å². The molecule has 2 aromatic heterocycles. The average molecular weight is 549 g/mol. The minimum atomic E-state index is -5.84. The summed E-state index contributed by atoms with van der Waals surface area (Å²) in [6, 6.07) is 0. The fourth-order valence-electron chi connectivity index (χ4n) is 2.86. The highest BCUT2D eigenvalue weighted by atomic mass is 31.3. The molecule has 0 spiro atoms. The van der Waals surface area contributed by atoms with Crippen molar-refractivity contribution in [2.75, 3.05) is 12.3 Å². The van der Waals surface area contributed by atoms with E-state index in [1.54, 1.807) is 0 Å². The second kappa shape index (κ2) is 8.88. The van der Waals surface area contributed by atoms with E-state index in [1.165, 1.54) is 0 Å². The lowest BCUT2D eigenvalue weighted by Crippen LogP contribution is -2.44. The number of aromatic amines is 1. The van der Waals surface area contributed by atoms with E-state index in [9.17, 15) is 37.8 Å². The molecule has 6 atom stereocenters. The predicted octanol–water partition coefficient (Wildman–Crippen LogP) is -1.36. The van der Waals surface area contributed by atoms with Gasteiger partial charge in [0.15, 0.2) is 29.2 Å². The number of aromatic nitrogens is 4. The summed E-state index contributed by atoms with van der Waals surface area (Å²) in [4.78, 5) is 57.4. The van der Waals surface area contributed by atoms with Crippen LogP contribution in [0.5, 0.6) is 0 Å². The Hall–Kier alpha value is -2.03. The molecule has 0 aliphatic carbocycles. The molecular formula is C12H15FN5O13P3. The molecule has 34 heavy (non-hydrogen) atoms. The van der Waals surface area contributed by atoms with Crippen LogP contribution >= 0.6 is 23.5 Å². The topological polar surface area (TPSA) is 279 Å². The number of halogens is 1. The number of H-pyrrole nitrogens is 1. The standard InChI is InChI=1S/C12H15FN5O13P3/c1-2-12(3-28-33(24,25)31-34(26,27)30-32(21,22)23)7(19)5(13)10(29-12)18-4-15-6-8(18)16-11(14)17-9(6)20/h1,4-5,7,10,19H,3H2,(H,24,25)(H,26,27)(H2,21,22,23)(H3,14,16,17,20)/t5-,7+,10-,12-/m1/s1. The lowest BCUT2D eigenvalue weighted by molar-refractivity contribution is -0.0883. The quantitative estimate of drug-likeness (QED) is 0.148. The Balaban J connectivity index is 1.84. The Morgan fingerprint density at radius 1 is 1.29 bits per heavy atom. The maximum atomic E-state index is 15.0. The van der Waals surface area contributed by atoms with Gasteiger partial charge in [0.1, 0.15) is 12.7 Å². The van der Waals surface area contributed by atoms with E-state index in [0.717, 1.165) is 10.9 Å². The summed E-state index contributed by atoms with van der Waals surface area (Å²) in [6.45, 7) is -1.34. The van der Waals surface area contributed by atoms with Gasteiger partial charge in [-0.05, 0) is 0 Å². The number of nitrogens with two attached hydrogens (primary N) is 1. The molecule has 2 unspecified atom stereocenters. The summed E-state index contributed by atoms with van der Waals surface area (Å²) in [5, 5.41) is 10.3. The zero-order chi connectivity index (χ0) is 25.7. The van der Waals surface area contributed by atoms with Gasteiger partial charge in [0.05, 0.1) is 6.33 Å². The van der Waals surface area contributed by atoms with Crippen molar-refractivity contribution in [3.63, 3.8) is 0 Å². The third-order valence-electron chi connectivity index (χ3n) is 4.21. The van der Waals surface area contributed by atoms with Crippen molar-refractivity contribution < 1.29 is 60.6 Å². The summed E-state index contributed by atoms with van der Waals surface area (Å²) in [7, 11) is -17.1. The highest BCUT2D eigenvalue weighted by Gasteiger charge is 2.57. The normalized spacial score (nSPS) is 28.9. The number of aliphatic hydroxyl groups excluding tert-OH is 1. The van der Waals surface area contributed by atoms with Crippen molar-refractivity contribution in [1.29, 1.82) is 0 Å². The fourth-order valence-corrected chi connectivity index (χ4v) is 5.91. The first-order valence-corrected chi connectivity index (χ1v) is 13.0. The van der Waals surface area contributed by atoms with E-state index < -0.39 is 59.7 Å². The van der Waals surface area contributed by atoms with Crippen LogP contribution in [0.15, 0.2) is 11.1 Å². The summed E-state index contributed by atoms with van der Waals surface area (Å²) < 4.78 is 66.6. The number of phosphoric acid groups is 3. The van der Waals surface area contributed by atoms with Crippen LogP contribution in [0, 0.1) is 12.3 Å². The first-order chi connectivity index (χ1) is 15.5. The second-order valence-electron chi connectivity index (χ2n) is 6.57. The van der Waals surface area contributed by atoms with Crippen LogP contribution in [0.3, 0.4) is 0 Å². The Kier molecular flexibility index (Phi) is 6.94. The van der Waals surface area contributed by atoms with Crippen LogP contribution in [0.1, 0.15) is 6.23 Å². The fraction of sp³-hybridized carbons (Fsp3) is 0.417. The van der Waals surface area contributed by atoms with E-state index in [-0.39, 0.29) is 17.1 Å². The van der Waals surface area contributed by atoms with Crippen molar-refractivity contribution in [2.24, 2.45) is 0 Å². The number of anilines is 1. The molecule has 0 aromatic carbocycles. The molecule has 1 saturated heterocycles. The average Bonchev–Trinajstić information content (AvgIpc) is 3.18. The number of fused-ring (bicyclic) bond motifs is 1. The van der Waals surface area contributed by atoms with Crippen LogP contribution in [-0.2, 0) is 31.6 Å². The number of phosphoric ester groups is 1. The zero-order valence-electron chi connectivity index (χ0n) is 16.2. The van der Waals surface area contributed by atoms with E-state index in [1.807, 2.05) is 5.92 Å². The third kappa shape index (κ3) is 5.44. The number of imidazole rings is 1. The number of nitrogen functional groups attached to an aromatic ring is 1. The summed E-state index contributed by atoms with van der Waals surface area (Å²) in [5.74, 6) is 1.48. The van der Waals surface area contributed by atoms with Crippen molar-refractivity contribution in [1.82, 2.24) is 19.5 Å². The van der Waals surface area contributed by atoms with Gasteiger partial charge >= 0.3 is 23.5 Å². The Morgan fingerprint density at radius 2 is 1.94 bits per heavy atom. The zero-order valence-corrected chi connectivity index (χ0v) is 18.9. The van der Waals surface area contributed by atoms with Gasteiger partial charge < -0.3 is 35.2 Å². The molecule has 1 fully saturated rings. The lowest BCUT2D eigenvalue weighted by atomic mass is 9.98. The van der Waals surface area contributed by atoms with Gasteiger partial charge in [0.25, 0.3) is 5.56 Å². The smallest absolute Gasteiger partial charge is 0.386 e. The van der Waals surface area contributed by atoms with Gasteiger partial charge in [-0.15, -0.1) is 6.42 Å². The molecule has 0 amide bonds. The van der Waals surface area contributed by atoms with Crippen LogP contribution in [-0.4, -0.2) is 68.7 Å². The number of alkyl halides is 1. The van der Waals surface area contributed by atoms with Gasteiger partial charge in [-0.25, -0.2) is 23.1 Å². The number of hydrogen-bond acceptors (Lipinski definition) is 12. The summed E-state index contributed by atoms with van der Waals surface area (Å²) >= 11 is 0. The number of aliphatic hydroxyl groups is 1. The number of nitrogens with one attached hydrogen (secondary N) is 1. The maximum Gasteiger partial charge on any atom is 0.490 e. The van der Waals surface area contributed by atoms with Gasteiger partial charge in [-0.1, -0.05) is 5.92 Å². The molecule has 0 saturated carbocycles. The van der Waals surface area contributed by atoms with Crippen molar-refractivity contribution in [2.45, 2.75) is 24.1 Å². The number of ether oxygens (including phenoxy) is 1. The van der Waals surface area contributed by atoms with E-state index in [0.29, 0.717) is 0 Å². The van der Waals surface area contributed by atoms with Gasteiger partial charge in [-0.3, -0.25) is 18.9 Å². The first kappa shape index (κ1) is 26.6. The predicted molar refractivity (Wildman–Crippen MR) is 105 cm³/mol. The molecule has 2 aromatic rings. The molecule has 0 radical (unpaired) electrons. The Bertz CT molecular complexity index is 1350. The molecule has 3 rings (SSSR count). The Labute approximate surface area is 186 Å². The van der Waals surface area contributed by atoms with Crippen LogP contribution in [0.25, 0.3) is 11.2 Å². The van der Waals surface area contributed by atoms with Crippen molar-refractivity contribution >= 4 is 40.6 Å². The molecule has 0 bridgehead atoms. The first-order valence-electron chi connectivity index (χ1n) is 8.47. The number of hydrogen-bond donors (Lipinski definition) is 7. The molecular weight excluding hydrogens is 534 g/mol. The maximum absolute atomic E-state index is 15.0. The second-order valence-corrected chi connectivity index (χ2v) is 11.0. The van der Waals surface area contributed by atoms with Crippen molar-refractivity contribution in [3.8, 4) is 12.3 Å². The van der Waals surface area contributed by atoms with Gasteiger partial charge in [-0.2, -0.15) is 13.6 Å². The molecule has 22 heteroatoms. The van der Waals surface area contributed by atoms with Crippen LogP contribution in [0.2, 0.25) is 0 Å². The lowest BCUT2D eigenvalue weighted by Gasteiger charge is -2.26. The minimum absolute atomic E-state index is 0.262. The van der Waals surface area contributed by atoms with E-state index >= 15 is 0 Å². The van der Waals surface area contributed by atoms with Crippen LogP contribution < -0.4 is 11.3 Å². The highest BCUT2D eigenvalue weighted by Crippen LogP contribution is 2.66. The third-order valence-corrected chi connectivity index (χ3v) is 7.99. The molecule has 188 valence electrons. The monoisotopic (exact) mass is 549 g/mol. The van der Waals surface area contributed by atoms with Crippen LogP contribution in [0.4, 0.5) is 10.3 Å². The molecule has 1 aliphatic heterocycles. The largest absolute Gasteiger partial charge is 0.490 e. The number of rotatable bonds is 8. The minimum Gasteiger partial charge on any atom is -0.386 e. The Morgan fingerprint density at radius 3 is 2.53 bits per heavy atom. The summed E-state index contributed by atoms with van der Waals surface area (Å²) in [5.41, 5.74) is 1.64. The molecule has 3 heterocycles.